The van der Waals surface area contributed by atoms with Crippen LogP contribution in [-0.4, -0.2) is 32.9 Å². The van der Waals surface area contributed by atoms with Crippen molar-refractivity contribution in [2.75, 3.05) is 13.2 Å². The monoisotopic (exact) mass is 228 g/mol. The molecule has 0 saturated heterocycles. The fraction of sp³-hybridized carbons (Fsp3) is 0.250. The van der Waals surface area contributed by atoms with Gasteiger partial charge < -0.3 is 14.1 Å². The first-order chi connectivity index (χ1) is 7.29. The quantitative estimate of drug-likeness (QED) is 0.739. The molecule has 80 valence electrons. The molecule has 1 aliphatic heterocycles. The van der Waals surface area contributed by atoms with Crippen LogP contribution in [0.5, 0.6) is 0 Å². The lowest BCUT2D eigenvalue weighted by atomic mass is 10.3. The molecule has 0 aliphatic carbocycles. The first-order valence-corrected chi connectivity index (χ1v) is 5.28. The van der Waals surface area contributed by atoms with Crippen molar-refractivity contribution >= 4 is 17.0 Å². The molecule has 0 aromatic carbocycles. The third-order valence-corrected chi connectivity index (χ3v) is 2.38. The fourth-order valence-corrected chi connectivity index (χ4v) is 1.62. The number of hydrogen-bond donors (Lipinski definition) is 1. The Morgan fingerprint density at radius 1 is 1.47 bits per heavy atom. The molecule has 1 N–H and O–H groups in total. The lowest BCUT2D eigenvalue weighted by Gasteiger charge is -2.14. The van der Waals surface area contributed by atoms with Gasteiger partial charge in [-0.3, -0.25) is 0 Å². The zero-order valence-electron chi connectivity index (χ0n) is 7.62. The van der Waals surface area contributed by atoms with Crippen LogP contribution < -0.4 is 0 Å². The predicted octanol–water partition coefficient (Wildman–Crippen LogP) is 0.371. The zero-order chi connectivity index (χ0) is 10.7. The molecular weight excluding hydrogens is 220 g/mol. The van der Waals surface area contributed by atoms with Gasteiger partial charge in [0.15, 0.2) is 11.6 Å². The van der Waals surface area contributed by atoms with Gasteiger partial charge in [0.25, 0.3) is 5.90 Å². The van der Waals surface area contributed by atoms with Crippen LogP contribution in [0, 0.1) is 0 Å². The lowest BCUT2D eigenvalue weighted by molar-refractivity contribution is 0.0653. The number of ether oxygens (including phenoxy) is 1. The average molecular weight is 228 g/mol. The summed E-state index contributed by atoms with van der Waals surface area (Å²) in [5, 5.41) is 3.67. The van der Waals surface area contributed by atoms with E-state index >= 15 is 0 Å². The number of nitrogens with zero attached hydrogens (tertiary/aromatic N) is 2. The second-order valence-corrected chi connectivity index (χ2v) is 3.57. The second-order valence-electron chi connectivity index (χ2n) is 2.68. The number of hydrogen-bond acceptors (Lipinski definition) is 5. The van der Waals surface area contributed by atoms with E-state index in [0.717, 1.165) is 0 Å². The maximum absolute atomic E-state index is 11.0. The number of pyridine rings is 1. The van der Waals surface area contributed by atoms with E-state index in [1.165, 1.54) is 6.20 Å². The molecule has 15 heavy (non-hydrogen) atoms. The normalized spacial score (nSPS) is 17.3. The van der Waals surface area contributed by atoms with Gasteiger partial charge >= 0.3 is 0 Å². The van der Waals surface area contributed by atoms with Crippen molar-refractivity contribution in [3.8, 4) is 0 Å². The summed E-state index contributed by atoms with van der Waals surface area (Å²) < 4.78 is 25.1. The minimum absolute atomic E-state index is 0.0155. The van der Waals surface area contributed by atoms with E-state index in [4.69, 9.17) is 14.1 Å². The van der Waals surface area contributed by atoms with E-state index in [1.807, 2.05) is 0 Å². The van der Waals surface area contributed by atoms with E-state index in [1.54, 1.807) is 12.1 Å². The fourth-order valence-electron chi connectivity index (χ4n) is 1.13. The van der Waals surface area contributed by atoms with Gasteiger partial charge in [-0.15, -0.1) is 0 Å². The van der Waals surface area contributed by atoms with Crippen LogP contribution in [0.1, 0.15) is 5.56 Å². The Morgan fingerprint density at radius 2 is 2.33 bits per heavy atom. The maximum atomic E-state index is 11.0. The largest absolute Gasteiger partial charge is 0.471 e. The number of oxime groups is 1. The summed E-state index contributed by atoms with van der Waals surface area (Å²) in [5.41, 5.74) is 0.373. The highest BCUT2D eigenvalue weighted by Crippen LogP contribution is 2.13. The minimum Gasteiger partial charge on any atom is -0.471 e. The van der Waals surface area contributed by atoms with E-state index < -0.39 is 11.1 Å². The average Bonchev–Trinajstić information content (AvgIpc) is 2.30. The molecule has 0 spiro atoms. The van der Waals surface area contributed by atoms with Gasteiger partial charge in [-0.25, -0.2) is 9.19 Å². The SMILES string of the molecule is O=S(O)c1ncccc1C1=NOCCO1. The lowest BCUT2D eigenvalue weighted by Crippen LogP contribution is -2.19. The number of rotatable bonds is 2. The number of aromatic nitrogens is 1. The van der Waals surface area contributed by atoms with Crippen LogP contribution in [0.25, 0.3) is 0 Å². The van der Waals surface area contributed by atoms with Crippen molar-refractivity contribution in [1.82, 2.24) is 4.98 Å². The van der Waals surface area contributed by atoms with E-state index in [-0.39, 0.29) is 10.9 Å². The molecule has 1 aliphatic rings. The molecule has 2 heterocycles. The Bertz CT molecular complexity index is 421. The van der Waals surface area contributed by atoms with E-state index in [2.05, 4.69) is 10.1 Å². The first-order valence-electron chi connectivity index (χ1n) is 4.18. The summed E-state index contributed by atoms with van der Waals surface area (Å²) in [4.78, 5) is 8.61. The third kappa shape index (κ3) is 2.13. The molecule has 1 atom stereocenters. The van der Waals surface area contributed by atoms with Crippen molar-refractivity contribution in [2.24, 2.45) is 5.16 Å². The van der Waals surface area contributed by atoms with Crippen molar-refractivity contribution in [2.45, 2.75) is 5.03 Å². The van der Waals surface area contributed by atoms with E-state index in [0.29, 0.717) is 18.8 Å². The molecule has 1 aromatic rings. The molecule has 0 fully saturated rings. The molecule has 0 amide bonds. The van der Waals surface area contributed by atoms with Crippen molar-refractivity contribution in [1.29, 1.82) is 0 Å². The molecule has 6 nitrogen and oxygen atoms in total. The van der Waals surface area contributed by atoms with Gasteiger partial charge in [0.2, 0.25) is 11.1 Å². The highest BCUT2D eigenvalue weighted by Gasteiger charge is 2.18. The van der Waals surface area contributed by atoms with Crippen LogP contribution in [0.4, 0.5) is 0 Å². The van der Waals surface area contributed by atoms with Crippen LogP contribution in [0.3, 0.4) is 0 Å². The van der Waals surface area contributed by atoms with Crippen molar-refractivity contribution in [3.63, 3.8) is 0 Å². The van der Waals surface area contributed by atoms with Crippen LogP contribution in [0.2, 0.25) is 0 Å². The van der Waals surface area contributed by atoms with Crippen LogP contribution in [0.15, 0.2) is 28.5 Å². The Labute approximate surface area is 88.2 Å². The van der Waals surface area contributed by atoms with Crippen molar-refractivity contribution in [3.05, 3.63) is 23.9 Å². The molecule has 0 radical (unpaired) electrons. The minimum atomic E-state index is -2.17. The van der Waals surface area contributed by atoms with Crippen LogP contribution in [-0.2, 0) is 20.7 Å². The van der Waals surface area contributed by atoms with E-state index in [9.17, 15) is 4.21 Å². The van der Waals surface area contributed by atoms with Gasteiger partial charge in [0.05, 0.1) is 5.56 Å². The Hall–Kier alpha value is -1.47. The Morgan fingerprint density at radius 3 is 3.00 bits per heavy atom. The third-order valence-electron chi connectivity index (χ3n) is 1.73. The molecule has 7 heteroatoms. The Balaban J connectivity index is 2.42. The smallest absolute Gasteiger partial charge is 0.260 e. The Kier molecular flexibility index (Phi) is 2.93. The summed E-state index contributed by atoms with van der Waals surface area (Å²) in [6, 6.07) is 3.23. The molecule has 1 unspecified atom stereocenters. The van der Waals surface area contributed by atoms with Gasteiger partial charge in [-0.2, -0.15) is 0 Å². The first kappa shape index (κ1) is 10.1. The molecule has 0 saturated carbocycles. The highest BCUT2D eigenvalue weighted by atomic mass is 32.2. The van der Waals surface area contributed by atoms with Crippen LogP contribution >= 0.6 is 0 Å². The summed E-state index contributed by atoms with van der Waals surface area (Å²) in [6.07, 6.45) is 1.43. The molecular formula is C8H8N2O4S. The standard InChI is InChI=1S/C8H8N2O4S/c11-15(12)8-6(2-1-3-9-8)7-10-14-5-4-13-7/h1-3H,4-5H2,(H,11,12). The summed E-state index contributed by atoms with van der Waals surface area (Å²) in [5.74, 6) is 0.187. The summed E-state index contributed by atoms with van der Waals surface area (Å²) >= 11 is -2.17. The maximum Gasteiger partial charge on any atom is 0.260 e. The van der Waals surface area contributed by atoms with Gasteiger partial charge in [-0.05, 0) is 17.3 Å². The van der Waals surface area contributed by atoms with Crippen molar-refractivity contribution < 1.29 is 18.3 Å². The second kappa shape index (κ2) is 4.37. The van der Waals surface area contributed by atoms with Gasteiger partial charge in [0.1, 0.15) is 6.61 Å². The zero-order valence-corrected chi connectivity index (χ0v) is 8.44. The topological polar surface area (TPSA) is 81.0 Å². The highest BCUT2D eigenvalue weighted by molar-refractivity contribution is 7.79. The van der Waals surface area contributed by atoms with Gasteiger partial charge in [0, 0.05) is 6.20 Å². The predicted molar refractivity (Wildman–Crippen MR) is 51.7 cm³/mol. The molecule has 1 aromatic heterocycles. The van der Waals surface area contributed by atoms with Gasteiger partial charge in [-0.1, -0.05) is 0 Å². The molecule has 0 bridgehead atoms. The molecule has 2 rings (SSSR count). The summed E-state index contributed by atoms with van der Waals surface area (Å²) in [6.45, 7) is 0.743. The summed E-state index contributed by atoms with van der Waals surface area (Å²) in [7, 11) is 0.